The lowest BCUT2D eigenvalue weighted by atomic mass is 9.73. The summed E-state index contributed by atoms with van der Waals surface area (Å²) in [7, 11) is 1.66. The second-order valence-corrected chi connectivity index (χ2v) is 9.22. The van der Waals surface area contributed by atoms with E-state index in [2.05, 4.69) is 22.5 Å². The normalized spacial score (nSPS) is 24.1. The molecule has 0 aliphatic carbocycles. The largest absolute Gasteiger partial charge is 0.497 e. The molecule has 7 heteroatoms. The van der Waals surface area contributed by atoms with Crippen LogP contribution in [0.1, 0.15) is 34.9 Å². The van der Waals surface area contributed by atoms with Gasteiger partial charge in [-0.2, -0.15) is 0 Å². The van der Waals surface area contributed by atoms with Crippen molar-refractivity contribution in [1.29, 1.82) is 0 Å². The number of halogens is 1. The summed E-state index contributed by atoms with van der Waals surface area (Å²) in [5.41, 5.74) is 2.10. The van der Waals surface area contributed by atoms with Gasteiger partial charge in [0.05, 0.1) is 24.3 Å². The lowest BCUT2D eigenvalue weighted by Crippen LogP contribution is -2.54. The first-order valence-corrected chi connectivity index (χ1v) is 11.7. The minimum Gasteiger partial charge on any atom is -0.497 e. The summed E-state index contributed by atoms with van der Waals surface area (Å²) in [4.78, 5) is 17.1. The summed E-state index contributed by atoms with van der Waals surface area (Å²) < 4.78 is 5.35. The zero-order valence-corrected chi connectivity index (χ0v) is 19.9. The highest BCUT2D eigenvalue weighted by molar-refractivity contribution is 6.30. The number of pyridine rings is 1. The van der Waals surface area contributed by atoms with E-state index in [1.165, 1.54) is 18.6 Å². The number of ether oxygens (including phenoxy) is 1. The van der Waals surface area contributed by atoms with Crippen LogP contribution in [-0.2, 0) is 0 Å². The van der Waals surface area contributed by atoms with Crippen LogP contribution >= 0.6 is 11.6 Å². The molecule has 3 fully saturated rings. The molecule has 178 valence electrons. The number of hydrogen-bond acceptors (Lipinski definition) is 5. The molecule has 1 aromatic heterocycles. The summed E-state index contributed by atoms with van der Waals surface area (Å²) in [5, 5.41) is 21.1. The van der Waals surface area contributed by atoms with Gasteiger partial charge in [0.2, 0.25) is 0 Å². The van der Waals surface area contributed by atoms with Crippen LogP contribution in [0.3, 0.4) is 0 Å². The molecule has 0 spiro atoms. The van der Waals surface area contributed by atoms with Crippen molar-refractivity contribution in [3.63, 3.8) is 0 Å². The first-order chi connectivity index (χ1) is 16.4. The maximum Gasteiger partial charge on any atom is 0.335 e. The molecule has 3 saturated heterocycles. The highest BCUT2D eigenvalue weighted by Crippen LogP contribution is 2.42. The number of aromatic carboxylic acids is 1. The van der Waals surface area contributed by atoms with E-state index in [4.69, 9.17) is 21.4 Å². The van der Waals surface area contributed by atoms with Crippen molar-refractivity contribution in [3.8, 4) is 5.75 Å². The van der Waals surface area contributed by atoms with E-state index in [0.29, 0.717) is 16.9 Å². The van der Waals surface area contributed by atoms with Crippen LogP contribution in [0, 0.1) is 11.8 Å². The lowest BCUT2D eigenvalue weighted by Gasteiger charge is -2.50. The third kappa shape index (κ3) is 5.09. The van der Waals surface area contributed by atoms with E-state index < -0.39 is 12.1 Å². The first-order valence-electron chi connectivity index (χ1n) is 11.4. The molecule has 6 nitrogen and oxygen atoms in total. The van der Waals surface area contributed by atoms with E-state index in [0.717, 1.165) is 41.7 Å². The van der Waals surface area contributed by atoms with Crippen molar-refractivity contribution in [2.45, 2.75) is 25.0 Å². The molecule has 0 saturated carbocycles. The van der Waals surface area contributed by atoms with Gasteiger partial charge in [0, 0.05) is 29.2 Å². The number of carbonyl (C=O) groups is 1. The molecule has 3 aliphatic heterocycles. The summed E-state index contributed by atoms with van der Waals surface area (Å²) >= 11 is 5.52. The minimum atomic E-state index is -0.934. The van der Waals surface area contributed by atoms with Crippen LogP contribution in [-0.4, -0.2) is 52.3 Å². The van der Waals surface area contributed by atoms with E-state index in [-0.39, 0.29) is 11.6 Å². The fourth-order valence-electron chi connectivity index (χ4n) is 5.04. The van der Waals surface area contributed by atoms with Gasteiger partial charge >= 0.3 is 5.97 Å². The van der Waals surface area contributed by atoms with Crippen LogP contribution < -0.4 is 4.74 Å². The second kappa shape index (κ2) is 10.6. The number of methoxy groups -OCH3 is 1. The Bertz CT molecular complexity index is 1170. The molecule has 0 radical (unpaired) electrons. The summed E-state index contributed by atoms with van der Waals surface area (Å²) in [6.07, 6.45) is 5.62. The fraction of sp³-hybridized carbons (Fsp3) is 0.333. The predicted octanol–water partition coefficient (Wildman–Crippen LogP) is 5.21. The lowest BCUT2D eigenvalue weighted by molar-refractivity contribution is -0.0444. The average Bonchev–Trinajstić information content (AvgIpc) is 2.88. The quantitative estimate of drug-likeness (QED) is 0.488. The highest BCUT2D eigenvalue weighted by atomic mass is 35.5. The number of carboxylic acid groups (broad SMARTS) is 1. The number of piperidine rings is 3. The minimum absolute atomic E-state index is 0.178. The van der Waals surface area contributed by atoms with Crippen LogP contribution in [0.15, 0.2) is 67.4 Å². The zero-order valence-electron chi connectivity index (χ0n) is 19.1. The van der Waals surface area contributed by atoms with Gasteiger partial charge in [0.1, 0.15) is 5.75 Å². The fourth-order valence-corrected chi connectivity index (χ4v) is 5.16. The van der Waals surface area contributed by atoms with Crippen LogP contribution in [0.25, 0.3) is 10.9 Å². The second-order valence-electron chi connectivity index (χ2n) is 8.79. The van der Waals surface area contributed by atoms with Gasteiger partial charge < -0.3 is 14.9 Å². The Labute approximate surface area is 204 Å². The van der Waals surface area contributed by atoms with Crippen molar-refractivity contribution in [1.82, 2.24) is 9.88 Å². The number of aliphatic hydroxyl groups is 1. The van der Waals surface area contributed by atoms with Crippen LogP contribution in [0.5, 0.6) is 5.75 Å². The molecular weight excluding hydrogens is 452 g/mol. The van der Waals surface area contributed by atoms with Crippen molar-refractivity contribution in [2.24, 2.45) is 11.8 Å². The number of carboxylic acids is 1. The Morgan fingerprint density at radius 1 is 1.26 bits per heavy atom. The number of rotatable bonds is 5. The van der Waals surface area contributed by atoms with Crippen LogP contribution in [0.2, 0.25) is 5.02 Å². The maximum absolute atomic E-state index is 11.2. The van der Waals surface area contributed by atoms with Gasteiger partial charge in [-0.1, -0.05) is 17.7 Å². The number of aromatic nitrogens is 1. The highest BCUT2D eigenvalue weighted by Gasteiger charge is 2.42. The molecule has 6 rings (SSSR count). The van der Waals surface area contributed by atoms with Gasteiger partial charge in [-0.3, -0.25) is 9.88 Å². The third-order valence-corrected chi connectivity index (χ3v) is 7.16. The Morgan fingerprint density at radius 3 is 2.65 bits per heavy atom. The molecule has 0 amide bonds. The topological polar surface area (TPSA) is 82.9 Å². The number of nitrogens with zero attached hydrogens (tertiary/aromatic N) is 2. The number of benzene rings is 2. The van der Waals surface area contributed by atoms with Crippen LogP contribution in [0.4, 0.5) is 0 Å². The van der Waals surface area contributed by atoms with Crippen molar-refractivity contribution in [3.05, 3.63) is 83.5 Å². The molecular formula is C27H29ClN2O4. The zero-order chi connectivity index (χ0) is 24.2. The van der Waals surface area contributed by atoms with E-state index in [1.54, 1.807) is 25.4 Å². The molecule has 2 N–H and O–H groups in total. The number of aliphatic hydroxyl groups excluding tert-OH is 1. The molecule has 3 unspecified atom stereocenters. The molecule has 3 aliphatic rings. The Kier molecular flexibility index (Phi) is 7.51. The summed E-state index contributed by atoms with van der Waals surface area (Å²) in [5.74, 6) is 1.07. The molecule has 5 atom stereocenters. The predicted molar refractivity (Wildman–Crippen MR) is 133 cm³/mol. The Balaban J connectivity index is 0.000000231. The van der Waals surface area contributed by atoms with Gasteiger partial charge in [-0.25, -0.2) is 4.79 Å². The molecule has 3 aromatic rings. The third-order valence-electron chi connectivity index (χ3n) is 6.91. The van der Waals surface area contributed by atoms with Crippen molar-refractivity contribution < 1.29 is 19.7 Å². The summed E-state index contributed by atoms with van der Waals surface area (Å²) in [6, 6.07) is 14.0. The van der Waals surface area contributed by atoms with Crippen molar-refractivity contribution in [2.75, 3.05) is 20.2 Å². The number of hydrogen-bond donors (Lipinski definition) is 2. The van der Waals surface area contributed by atoms with Gasteiger partial charge in [0.15, 0.2) is 0 Å². The van der Waals surface area contributed by atoms with Crippen molar-refractivity contribution >= 4 is 28.5 Å². The van der Waals surface area contributed by atoms with Gasteiger partial charge in [0.25, 0.3) is 0 Å². The van der Waals surface area contributed by atoms with Gasteiger partial charge in [-0.15, -0.1) is 6.58 Å². The standard InChI is InChI=1S/C20H24N2O2.C7H5ClO2/c1-3-13-12-22-9-7-14(13)10-19(22)20(23)16-6-8-21-18-5-4-15(24-2)11-17(16)18;8-6-3-1-5(2-4-6)7(9)10/h3-6,8,11,13-14,19-20,23H,1,7,9-10,12H2,2H3;1-4H,(H,9,10)/t13-,14?,19+,20?;/m1./s1. The molecule has 4 heterocycles. The summed E-state index contributed by atoms with van der Waals surface area (Å²) in [6.45, 7) is 6.07. The smallest absolute Gasteiger partial charge is 0.335 e. The Morgan fingerprint density at radius 2 is 2.03 bits per heavy atom. The monoisotopic (exact) mass is 480 g/mol. The van der Waals surface area contributed by atoms with E-state index in [9.17, 15) is 9.90 Å². The average molecular weight is 481 g/mol. The Hall–Kier alpha value is -2.93. The maximum atomic E-state index is 11.2. The molecule has 34 heavy (non-hydrogen) atoms. The number of fused-ring (bicyclic) bond motifs is 4. The first kappa shape index (κ1) is 24.2. The van der Waals surface area contributed by atoms with E-state index >= 15 is 0 Å². The molecule has 2 bridgehead atoms. The molecule has 2 aromatic carbocycles. The SMILES string of the molecule is C=C[C@@H]1CN2CCC1C[C@H]2C(O)c1ccnc2ccc(OC)cc12.O=C(O)c1ccc(Cl)cc1. The van der Waals surface area contributed by atoms with E-state index in [1.807, 2.05) is 24.3 Å². The van der Waals surface area contributed by atoms with Gasteiger partial charge in [-0.05, 0) is 85.3 Å².